The van der Waals surface area contributed by atoms with Crippen molar-refractivity contribution in [3.63, 3.8) is 0 Å². The second-order valence-electron chi connectivity index (χ2n) is 5.57. The maximum Gasteiger partial charge on any atom is 0.249 e. The van der Waals surface area contributed by atoms with Crippen LogP contribution in [0, 0.1) is 0 Å². The Morgan fingerprint density at radius 3 is 2.71 bits per heavy atom. The molecule has 1 saturated heterocycles. The van der Waals surface area contributed by atoms with E-state index < -0.39 is 16.1 Å². The van der Waals surface area contributed by atoms with Gasteiger partial charge < -0.3 is 15.8 Å². The number of ether oxygens (including phenoxy) is 1. The molecule has 1 aliphatic rings. The maximum atomic E-state index is 12.2. The van der Waals surface area contributed by atoms with Crippen molar-refractivity contribution in [3.8, 4) is 0 Å². The second kappa shape index (κ2) is 8.77. The molecule has 24 heavy (non-hydrogen) atoms. The van der Waals surface area contributed by atoms with Crippen molar-refractivity contribution < 1.29 is 17.9 Å². The van der Waals surface area contributed by atoms with Crippen molar-refractivity contribution in [2.24, 2.45) is 5.73 Å². The Balaban J connectivity index is 0.00000288. The Morgan fingerprint density at radius 1 is 1.42 bits per heavy atom. The number of benzene rings is 1. The third kappa shape index (κ3) is 4.90. The summed E-state index contributed by atoms with van der Waals surface area (Å²) in [5.74, 6) is -0.199. The zero-order valence-electron chi connectivity index (χ0n) is 13.7. The molecule has 1 fully saturated rings. The van der Waals surface area contributed by atoms with Gasteiger partial charge in [0.15, 0.2) is 0 Å². The molecule has 0 aliphatic carbocycles. The average Bonchev–Trinajstić information content (AvgIpc) is 3.04. The van der Waals surface area contributed by atoms with Crippen molar-refractivity contribution in [3.05, 3.63) is 29.8 Å². The third-order valence-electron chi connectivity index (χ3n) is 3.96. The summed E-state index contributed by atoms with van der Waals surface area (Å²) in [6.45, 7) is 2.21. The van der Waals surface area contributed by atoms with Gasteiger partial charge in [0.05, 0.1) is 17.0 Å². The molecule has 1 amide bonds. The lowest BCUT2D eigenvalue weighted by Crippen LogP contribution is -2.37. The number of carbonyl (C=O) groups is 1. The second-order valence-corrected chi connectivity index (χ2v) is 7.46. The van der Waals surface area contributed by atoms with Gasteiger partial charge in [-0.1, -0.05) is 12.1 Å². The van der Waals surface area contributed by atoms with E-state index in [1.54, 1.807) is 25.1 Å². The monoisotopic (exact) mass is 377 g/mol. The van der Waals surface area contributed by atoms with Crippen LogP contribution in [0.15, 0.2) is 29.2 Å². The lowest BCUT2D eigenvalue weighted by molar-refractivity contribution is -0.132. The Hall–Kier alpha value is -1.19. The molecule has 3 atom stereocenters. The van der Waals surface area contributed by atoms with Crippen LogP contribution >= 0.6 is 12.4 Å². The van der Waals surface area contributed by atoms with E-state index in [9.17, 15) is 13.2 Å². The molecule has 0 aromatic heterocycles. The summed E-state index contributed by atoms with van der Waals surface area (Å²) in [5, 5.41) is 2.86. The van der Waals surface area contributed by atoms with E-state index in [4.69, 9.17) is 10.5 Å². The maximum absolute atomic E-state index is 12.2. The van der Waals surface area contributed by atoms with Gasteiger partial charge in [0, 0.05) is 6.54 Å². The molecular formula is C15H24ClN3O4S. The molecule has 1 aromatic carbocycles. The molecule has 0 bridgehead atoms. The van der Waals surface area contributed by atoms with E-state index in [1.807, 2.05) is 0 Å². The Labute approximate surface area is 148 Å². The van der Waals surface area contributed by atoms with Gasteiger partial charge in [-0.2, -0.15) is 0 Å². The first-order valence-electron chi connectivity index (χ1n) is 7.56. The van der Waals surface area contributed by atoms with Crippen LogP contribution in [0.5, 0.6) is 0 Å². The Kier molecular flexibility index (Phi) is 7.62. The lowest BCUT2D eigenvalue weighted by atomic mass is 10.1. The van der Waals surface area contributed by atoms with E-state index >= 15 is 0 Å². The third-order valence-corrected chi connectivity index (χ3v) is 5.37. The van der Waals surface area contributed by atoms with Crippen LogP contribution in [0.2, 0.25) is 0 Å². The van der Waals surface area contributed by atoms with Crippen LogP contribution in [0.4, 0.5) is 0 Å². The highest BCUT2D eigenvalue weighted by molar-refractivity contribution is 7.89. The van der Waals surface area contributed by atoms with Gasteiger partial charge in [-0.3, -0.25) is 4.79 Å². The Bertz CT molecular complexity index is 668. The summed E-state index contributed by atoms with van der Waals surface area (Å²) in [4.78, 5) is 12.4. The number of nitrogens with one attached hydrogen (secondary N) is 2. The summed E-state index contributed by atoms with van der Waals surface area (Å²) < 4.78 is 31.5. The summed E-state index contributed by atoms with van der Waals surface area (Å²) >= 11 is 0. The van der Waals surface area contributed by atoms with Gasteiger partial charge in [-0.15, -0.1) is 12.4 Å². The highest BCUT2D eigenvalue weighted by Crippen LogP contribution is 2.21. The molecule has 1 aliphatic heterocycles. The van der Waals surface area contributed by atoms with E-state index in [0.717, 1.165) is 6.42 Å². The van der Waals surface area contributed by atoms with Gasteiger partial charge >= 0.3 is 0 Å². The van der Waals surface area contributed by atoms with Gasteiger partial charge in [0.1, 0.15) is 6.10 Å². The summed E-state index contributed by atoms with van der Waals surface area (Å²) in [6, 6.07) is 6.16. The molecule has 1 unspecified atom stereocenters. The van der Waals surface area contributed by atoms with E-state index in [2.05, 4.69) is 10.0 Å². The Morgan fingerprint density at radius 2 is 2.12 bits per heavy atom. The van der Waals surface area contributed by atoms with Gasteiger partial charge in [0.2, 0.25) is 15.9 Å². The first kappa shape index (κ1) is 20.9. The SMILES string of the molecule is CNS(=O)(=O)c1cccc(C(C)NC(=O)[C@@H]2CC[C@H](CN)O2)c1.Cl. The van der Waals surface area contributed by atoms with Crippen LogP contribution in [-0.2, 0) is 19.6 Å². The average molecular weight is 378 g/mol. The van der Waals surface area contributed by atoms with Crippen molar-refractivity contribution in [2.75, 3.05) is 13.6 Å². The van der Waals surface area contributed by atoms with E-state index in [1.165, 1.54) is 13.1 Å². The molecule has 1 heterocycles. The van der Waals surface area contributed by atoms with Crippen LogP contribution < -0.4 is 15.8 Å². The van der Waals surface area contributed by atoms with Crippen LogP contribution in [0.25, 0.3) is 0 Å². The minimum Gasteiger partial charge on any atom is -0.364 e. The van der Waals surface area contributed by atoms with Crippen LogP contribution in [-0.4, -0.2) is 40.1 Å². The number of sulfonamides is 1. The largest absolute Gasteiger partial charge is 0.364 e. The molecular weight excluding hydrogens is 354 g/mol. The fraction of sp³-hybridized carbons (Fsp3) is 0.533. The molecule has 0 spiro atoms. The van der Waals surface area contributed by atoms with Gasteiger partial charge in [-0.05, 0) is 44.5 Å². The summed E-state index contributed by atoms with van der Waals surface area (Å²) in [5.41, 5.74) is 6.25. The number of hydrogen-bond acceptors (Lipinski definition) is 5. The number of rotatable bonds is 6. The van der Waals surface area contributed by atoms with Crippen molar-refractivity contribution in [1.82, 2.24) is 10.0 Å². The number of halogens is 1. The molecule has 0 radical (unpaired) electrons. The van der Waals surface area contributed by atoms with Crippen molar-refractivity contribution in [2.45, 2.75) is 42.9 Å². The predicted molar refractivity (Wildman–Crippen MR) is 93.4 cm³/mol. The van der Waals surface area contributed by atoms with Gasteiger partial charge in [-0.25, -0.2) is 13.1 Å². The smallest absolute Gasteiger partial charge is 0.249 e. The molecule has 7 nitrogen and oxygen atoms in total. The van der Waals surface area contributed by atoms with Crippen LogP contribution in [0.1, 0.15) is 31.4 Å². The zero-order valence-corrected chi connectivity index (χ0v) is 15.3. The molecule has 2 rings (SSSR count). The standard InChI is InChI=1S/C15H23N3O4S.ClH/c1-10(18-15(19)14-7-6-12(9-16)22-14)11-4-3-5-13(8-11)23(20,21)17-2;/h3-5,8,10,12,14,17H,6-7,9,16H2,1-2H3,(H,18,19);1H/t10?,12-,14+;/m1./s1. The fourth-order valence-electron chi connectivity index (χ4n) is 2.53. The highest BCUT2D eigenvalue weighted by atomic mass is 35.5. The normalized spacial score (nSPS) is 21.8. The summed E-state index contributed by atoms with van der Waals surface area (Å²) in [6.07, 6.45) is 0.869. The molecule has 1 aromatic rings. The van der Waals surface area contributed by atoms with E-state index in [0.29, 0.717) is 18.5 Å². The first-order chi connectivity index (χ1) is 10.9. The number of carbonyl (C=O) groups excluding carboxylic acids is 1. The number of hydrogen-bond donors (Lipinski definition) is 3. The minimum atomic E-state index is -3.51. The molecule has 4 N–H and O–H groups in total. The topological polar surface area (TPSA) is 111 Å². The highest BCUT2D eigenvalue weighted by Gasteiger charge is 2.30. The van der Waals surface area contributed by atoms with Crippen molar-refractivity contribution in [1.29, 1.82) is 0 Å². The minimum absolute atomic E-state index is 0. The first-order valence-corrected chi connectivity index (χ1v) is 9.05. The van der Waals surface area contributed by atoms with E-state index in [-0.39, 0.29) is 35.4 Å². The van der Waals surface area contributed by atoms with Crippen molar-refractivity contribution >= 4 is 28.3 Å². The number of amides is 1. The molecule has 0 saturated carbocycles. The quantitative estimate of drug-likeness (QED) is 0.675. The van der Waals surface area contributed by atoms with Crippen LogP contribution in [0.3, 0.4) is 0 Å². The fourth-order valence-corrected chi connectivity index (χ4v) is 3.32. The molecule has 136 valence electrons. The lowest BCUT2D eigenvalue weighted by Gasteiger charge is -2.18. The number of nitrogens with two attached hydrogens (primary N) is 1. The zero-order chi connectivity index (χ0) is 17.0. The predicted octanol–water partition coefficient (Wildman–Crippen LogP) is 0.700. The summed E-state index contributed by atoms with van der Waals surface area (Å²) in [7, 11) is -2.15. The van der Waals surface area contributed by atoms with Gasteiger partial charge in [0.25, 0.3) is 0 Å². The molecule has 9 heteroatoms.